The molecule has 2 aromatic rings. The van der Waals surface area contributed by atoms with Gasteiger partial charge in [-0.2, -0.15) is 13.2 Å². The summed E-state index contributed by atoms with van der Waals surface area (Å²) >= 11 is 5.91. The highest BCUT2D eigenvalue weighted by Crippen LogP contribution is 2.32. The minimum atomic E-state index is -4.87. The lowest BCUT2D eigenvalue weighted by molar-refractivity contribution is -0.142. The molecule has 192 valence electrons. The first-order valence-electron chi connectivity index (χ1n) is 11.1. The van der Waals surface area contributed by atoms with E-state index in [1.54, 1.807) is 31.2 Å². The van der Waals surface area contributed by atoms with Crippen molar-refractivity contribution >= 4 is 23.6 Å². The minimum absolute atomic E-state index is 0.270. The van der Waals surface area contributed by atoms with Crippen molar-refractivity contribution in [3.8, 4) is 11.5 Å². The molecule has 0 aliphatic carbocycles. The zero-order valence-corrected chi connectivity index (χ0v) is 20.0. The predicted molar refractivity (Wildman–Crippen MR) is 125 cm³/mol. The number of urea groups is 1. The van der Waals surface area contributed by atoms with E-state index in [1.807, 2.05) is 24.3 Å². The Hall–Kier alpha value is -3.28. The number of carbonyl (C=O) groups is 2. The molecule has 2 N–H and O–H groups in total. The van der Waals surface area contributed by atoms with Gasteiger partial charge in [-0.05, 0) is 48.9 Å². The summed E-state index contributed by atoms with van der Waals surface area (Å²) in [5, 5.41) is 10.4. The molecule has 1 saturated heterocycles. The minimum Gasteiger partial charge on any atom is -0.480 e. The summed E-state index contributed by atoms with van der Waals surface area (Å²) < 4.78 is 45.5. The number of halogens is 4. The number of piperazine rings is 1. The Labute approximate surface area is 210 Å². The van der Waals surface area contributed by atoms with E-state index >= 15 is 0 Å². The van der Waals surface area contributed by atoms with Crippen molar-refractivity contribution in [3.63, 3.8) is 0 Å². The number of rotatable bonds is 5. The number of hydrogen-bond acceptors (Lipinski definition) is 5. The third-order valence-electron chi connectivity index (χ3n) is 5.94. The van der Waals surface area contributed by atoms with E-state index in [9.17, 15) is 22.8 Å². The molecule has 1 fully saturated rings. The lowest BCUT2D eigenvalue weighted by Crippen LogP contribution is -2.58. The third kappa shape index (κ3) is 5.92. The maximum absolute atomic E-state index is 13.2. The quantitative estimate of drug-likeness (QED) is 0.600. The molecule has 0 aromatic heterocycles. The number of alkyl halides is 3. The highest BCUT2D eigenvalue weighted by atomic mass is 35.5. The van der Waals surface area contributed by atoms with E-state index in [0.717, 1.165) is 5.56 Å². The number of hydrazine groups is 1. The molecular weight excluding hydrogens is 501 g/mol. The molecule has 2 atom stereocenters. The fourth-order valence-corrected chi connectivity index (χ4v) is 4.32. The Morgan fingerprint density at radius 3 is 2.47 bits per heavy atom. The van der Waals surface area contributed by atoms with Crippen LogP contribution in [0.15, 0.2) is 60.3 Å². The van der Waals surface area contributed by atoms with E-state index in [2.05, 4.69) is 10.3 Å². The molecule has 0 bridgehead atoms. The Morgan fingerprint density at radius 1 is 1.14 bits per heavy atom. The number of carboxylic acids is 1. The number of benzene rings is 2. The number of ether oxygens (including phenoxy) is 1. The van der Waals surface area contributed by atoms with Gasteiger partial charge >= 0.3 is 18.2 Å². The van der Waals surface area contributed by atoms with Gasteiger partial charge in [-0.25, -0.2) is 15.2 Å². The van der Waals surface area contributed by atoms with Gasteiger partial charge in [0.05, 0.1) is 5.57 Å². The largest absolute Gasteiger partial charge is 0.480 e. The van der Waals surface area contributed by atoms with Gasteiger partial charge in [-0.3, -0.25) is 9.69 Å². The highest BCUT2D eigenvalue weighted by molar-refractivity contribution is 6.30. The maximum atomic E-state index is 13.2. The van der Waals surface area contributed by atoms with Crippen molar-refractivity contribution in [2.75, 3.05) is 19.6 Å². The number of nitrogens with one attached hydrogen (secondary N) is 1. The van der Waals surface area contributed by atoms with Crippen molar-refractivity contribution < 1.29 is 32.6 Å². The summed E-state index contributed by atoms with van der Waals surface area (Å²) in [4.78, 5) is 27.7. The number of aliphatic carboxylic acids is 1. The van der Waals surface area contributed by atoms with Crippen molar-refractivity contribution in [2.45, 2.75) is 31.7 Å². The zero-order chi connectivity index (χ0) is 26.0. The Bertz CT molecular complexity index is 1160. The van der Waals surface area contributed by atoms with E-state index in [1.165, 1.54) is 4.90 Å². The molecule has 2 heterocycles. The van der Waals surface area contributed by atoms with Gasteiger partial charge in [-0.1, -0.05) is 23.7 Å². The molecule has 0 spiro atoms. The second-order valence-electron chi connectivity index (χ2n) is 8.62. The van der Waals surface area contributed by atoms with Crippen LogP contribution < -0.4 is 10.2 Å². The summed E-state index contributed by atoms with van der Waals surface area (Å²) in [6.45, 7) is 3.63. The molecular formula is C24H24ClF3N4O4. The van der Waals surface area contributed by atoms with Crippen LogP contribution in [0.3, 0.4) is 0 Å². The van der Waals surface area contributed by atoms with Gasteiger partial charge in [0, 0.05) is 43.4 Å². The summed E-state index contributed by atoms with van der Waals surface area (Å²) in [5.74, 6) is -0.397. The molecule has 8 nitrogen and oxygen atoms in total. The molecule has 0 saturated carbocycles. The maximum Gasteiger partial charge on any atom is 0.416 e. The summed E-state index contributed by atoms with van der Waals surface area (Å²) in [6.07, 6.45) is -4.35. The lowest BCUT2D eigenvalue weighted by atomic mass is 10.1. The van der Waals surface area contributed by atoms with Crippen LogP contribution in [-0.4, -0.2) is 69.8 Å². The number of hydrogen-bond donors (Lipinski definition) is 2. The fourth-order valence-electron chi connectivity index (χ4n) is 4.20. The lowest BCUT2D eigenvalue weighted by Gasteiger charge is -2.41. The zero-order valence-electron chi connectivity index (χ0n) is 19.2. The van der Waals surface area contributed by atoms with Crippen LogP contribution in [-0.2, 0) is 11.3 Å². The molecule has 2 amide bonds. The topological polar surface area (TPSA) is 85.4 Å². The molecule has 4 rings (SSSR count). The van der Waals surface area contributed by atoms with Crippen LogP contribution >= 0.6 is 11.6 Å². The van der Waals surface area contributed by atoms with Crippen LogP contribution in [0.25, 0.3) is 0 Å². The van der Waals surface area contributed by atoms with Crippen molar-refractivity contribution in [3.05, 3.63) is 70.9 Å². The average Bonchev–Trinajstić information content (AvgIpc) is 3.27. The number of carbonyl (C=O) groups excluding carboxylic acids is 1. The van der Waals surface area contributed by atoms with Crippen LogP contribution in [0.2, 0.25) is 5.02 Å². The number of nitrogens with zero attached hydrogens (tertiary/aromatic N) is 3. The van der Waals surface area contributed by atoms with Gasteiger partial charge in [0.25, 0.3) is 0 Å². The third-order valence-corrected chi connectivity index (χ3v) is 6.19. The summed E-state index contributed by atoms with van der Waals surface area (Å²) in [6, 6.07) is 11.5. The Balaban J connectivity index is 1.36. The first-order chi connectivity index (χ1) is 17.0. The van der Waals surface area contributed by atoms with Crippen molar-refractivity contribution in [2.24, 2.45) is 0 Å². The van der Waals surface area contributed by atoms with E-state index in [4.69, 9.17) is 21.4 Å². The first kappa shape index (κ1) is 25.8. The normalized spacial score (nSPS) is 20.9. The van der Waals surface area contributed by atoms with Gasteiger partial charge in [0.1, 0.15) is 11.5 Å². The molecule has 2 aromatic carbocycles. The second-order valence-corrected chi connectivity index (χ2v) is 9.05. The SMILES string of the molecule is C[C@H]1CN(Cc2cccc(Oc3ccc(Cl)cc3)c2)CCN1C(=O)N1C=C(C(F)(F)F)C(C(=O)O)N1. The van der Waals surface area contributed by atoms with Gasteiger partial charge < -0.3 is 14.7 Å². The van der Waals surface area contributed by atoms with E-state index < -0.39 is 29.8 Å². The smallest absolute Gasteiger partial charge is 0.416 e. The van der Waals surface area contributed by atoms with E-state index in [0.29, 0.717) is 47.4 Å². The molecule has 2 aliphatic rings. The Morgan fingerprint density at radius 2 is 1.86 bits per heavy atom. The van der Waals surface area contributed by atoms with Crippen molar-refractivity contribution in [1.82, 2.24) is 20.2 Å². The van der Waals surface area contributed by atoms with Crippen LogP contribution in [0, 0.1) is 0 Å². The average molecular weight is 525 g/mol. The van der Waals surface area contributed by atoms with Gasteiger partial charge in [0.15, 0.2) is 6.04 Å². The molecule has 36 heavy (non-hydrogen) atoms. The predicted octanol–water partition coefficient (Wildman–Crippen LogP) is 4.48. The van der Waals surface area contributed by atoms with E-state index in [-0.39, 0.29) is 12.6 Å². The summed E-state index contributed by atoms with van der Waals surface area (Å²) in [5.41, 5.74) is 1.81. The number of carboxylic acid groups (broad SMARTS) is 1. The highest BCUT2D eigenvalue weighted by Gasteiger charge is 2.48. The van der Waals surface area contributed by atoms with Crippen LogP contribution in [0.4, 0.5) is 18.0 Å². The molecule has 2 aliphatic heterocycles. The summed E-state index contributed by atoms with van der Waals surface area (Å²) in [7, 11) is 0. The van der Waals surface area contributed by atoms with Crippen molar-refractivity contribution in [1.29, 1.82) is 0 Å². The molecule has 0 radical (unpaired) electrons. The number of amides is 2. The standard InChI is InChI=1S/C24H24ClF3N4O4/c1-15-12-30(13-16-3-2-4-19(11-16)36-18-7-5-17(25)6-8-18)9-10-31(15)23(35)32-14-20(24(26,27)28)21(29-32)22(33)34/h2-8,11,14-15,21,29H,9-10,12-13H2,1H3,(H,33,34)/t15-,21?/m0/s1. The Kier molecular flexibility index (Phi) is 7.43. The second kappa shape index (κ2) is 10.4. The molecule has 12 heteroatoms. The van der Waals surface area contributed by atoms with Crippen LogP contribution in [0.5, 0.6) is 11.5 Å². The first-order valence-corrected chi connectivity index (χ1v) is 11.5. The molecule has 1 unspecified atom stereocenters. The van der Waals surface area contributed by atoms with Gasteiger partial charge in [0.2, 0.25) is 0 Å². The monoisotopic (exact) mass is 524 g/mol. The van der Waals surface area contributed by atoms with Gasteiger partial charge in [-0.15, -0.1) is 0 Å². The van der Waals surface area contributed by atoms with Crippen LogP contribution in [0.1, 0.15) is 12.5 Å². The fraction of sp³-hybridized carbons (Fsp3) is 0.333.